The lowest BCUT2D eigenvalue weighted by atomic mass is 9.93. The molecule has 9 rings (SSSR count). The zero-order valence-corrected chi connectivity index (χ0v) is 25.8. The number of anilines is 3. The molecule has 1 heteroatoms. The van der Waals surface area contributed by atoms with Crippen molar-refractivity contribution in [3.8, 4) is 22.3 Å². The van der Waals surface area contributed by atoms with Crippen LogP contribution in [0.15, 0.2) is 182 Å². The second-order valence-electron chi connectivity index (χ2n) is 11.5. The van der Waals surface area contributed by atoms with Crippen molar-refractivity contribution in [2.45, 2.75) is 6.92 Å². The van der Waals surface area contributed by atoms with E-state index in [1.165, 1.54) is 0 Å². The molecule has 0 spiro atoms. The summed E-state index contributed by atoms with van der Waals surface area (Å²) in [6.07, 6.45) is 0. The highest BCUT2D eigenvalue weighted by atomic mass is 15.1. The molecule has 0 N–H and O–H groups in total. The first-order valence-corrected chi connectivity index (χ1v) is 15.6. The maximum absolute atomic E-state index is 9.76. The van der Waals surface area contributed by atoms with Crippen LogP contribution in [0.5, 0.6) is 0 Å². The standard InChI is InChI=1S/C47H33N/c1-32-39-16-7-8-18-41(39)43-20-10-12-22-45(43)47(32)48(46-31-37-15-5-6-17-40(37)42-19-9-11-21-44(42)46)38-29-27-36(28-30-38)35-25-23-34(24-26-35)33-13-3-2-4-14-33/h2-31H,1H3/i2D,3D,4D,13D,14D,23D,24D,25D,26D,27D,28D,29D,30D. The van der Waals surface area contributed by atoms with Gasteiger partial charge in [0, 0.05) is 16.5 Å². The summed E-state index contributed by atoms with van der Waals surface area (Å²) in [6.45, 7) is 1.96. The number of nitrogens with zero attached hydrogens (tertiary/aromatic N) is 1. The summed E-state index contributed by atoms with van der Waals surface area (Å²) < 4.78 is 116. The highest BCUT2D eigenvalue weighted by Gasteiger charge is 2.23. The number of hydrogen-bond donors (Lipinski definition) is 0. The Kier molecular flexibility index (Phi) is 4.25. The van der Waals surface area contributed by atoms with E-state index < -0.39 is 101 Å². The molecule has 9 aromatic rings. The highest BCUT2D eigenvalue weighted by Crippen LogP contribution is 2.48. The molecule has 0 radical (unpaired) electrons. The lowest BCUT2D eigenvalue weighted by Gasteiger charge is -2.31. The molecule has 0 aromatic heterocycles. The Morgan fingerprint density at radius 2 is 0.854 bits per heavy atom. The minimum atomic E-state index is -0.766. The molecule has 0 saturated heterocycles. The normalized spacial score (nSPS) is 15.2. The third-order valence-electron chi connectivity index (χ3n) is 8.83. The highest BCUT2D eigenvalue weighted by molar-refractivity contribution is 6.19. The maximum Gasteiger partial charge on any atom is 0.0645 e. The molecule has 48 heavy (non-hydrogen) atoms. The molecule has 1 nitrogen and oxygen atoms in total. The van der Waals surface area contributed by atoms with Crippen molar-refractivity contribution in [1.29, 1.82) is 0 Å². The minimum absolute atomic E-state index is 0.103. The fraction of sp³-hybridized carbons (Fsp3) is 0.0213. The summed E-state index contributed by atoms with van der Waals surface area (Å²) in [5, 5.41) is 7.14. The molecule has 9 aromatic carbocycles. The Morgan fingerprint density at radius 3 is 1.48 bits per heavy atom. The number of rotatable bonds is 5. The van der Waals surface area contributed by atoms with Gasteiger partial charge in [-0.3, -0.25) is 0 Å². The van der Waals surface area contributed by atoms with Crippen LogP contribution in [0.1, 0.15) is 23.4 Å². The van der Waals surface area contributed by atoms with Gasteiger partial charge in [0.15, 0.2) is 0 Å². The van der Waals surface area contributed by atoms with E-state index in [1.807, 2.05) is 110 Å². The zero-order chi connectivity index (χ0) is 43.3. The molecule has 0 aliphatic carbocycles. The SMILES string of the molecule is [2H]c1c([2H])c([2H])c(-c2c([2H])c([2H])c(-c3c([2H])c([2H])c(N(c4cc5ccccc5c5ccccc45)c4c(C)c5ccccc5c5ccccc45)c([2H])c3[2H])c([2H])c2[2H])c([2H])c1[2H]. The van der Waals surface area contributed by atoms with E-state index in [0.717, 1.165) is 48.7 Å². The van der Waals surface area contributed by atoms with Gasteiger partial charge in [-0.05, 0) is 85.2 Å². The van der Waals surface area contributed by atoms with E-state index in [4.69, 9.17) is 12.3 Å². The van der Waals surface area contributed by atoms with Crippen molar-refractivity contribution in [2.24, 2.45) is 0 Å². The first kappa shape index (κ1) is 17.7. The average molecular weight is 625 g/mol. The third-order valence-corrected chi connectivity index (χ3v) is 8.83. The van der Waals surface area contributed by atoms with E-state index in [0.29, 0.717) is 11.4 Å². The van der Waals surface area contributed by atoms with Crippen LogP contribution >= 0.6 is 0 Å². The predicted molar refractivity (Wildman–Crippen MR) is 207 cm³/mol. The van der Waals surface area contributed by atoms with Crippen LogP contribution in [0.3, 0.4) is 0 Å². The smallest absolute Gasteiger partial charge is 0.0645 e. The van der Waals surface area contributed by atoms with Gasteiger partial charge in [-0.1, -0.05) is 164 Å². The lowest BCUT2D eigenvalue weighted by molar-refractivity contribution is 1.29. The zero-order valence-electron chi connectivity index (χ0n) is 38.8. The van der Waals surface area contributed by atoms with E-state index in [1.54, 1.807) is 4.90 Å². The van der Waals surface area contributed by atoms with Gasteiger partial charge >= 0.3 is 0 Å². The van der Waals surface area contributed by atoms with E-state index in [9.17, 15) is 5.48 Å². The Balaban J connectivity index is 1.39. The Hall–Kier alpha value is -6.18. The fourth-order valence-electron chi connectivity index (χ4n) is 6.64. The first-order valence-electron chi connectivity index (χ1n) is 22.1. The largest absolute Gasteiger partial charge is 0.309 e. The second kappa shape index (κ2) is 11.6. The van der Waals surface area contributed by atoms with Gasteiger partial charge in [-0.15, -0.1) is 0 Å². The summed E-state index contributed by atoms with van der Waals surface area (Å²) in [7, 11) is 0. The van der Waals surface area contributed by atoms with Crippen molar-refractivity contribution < 1.29 is 17.8 Å². The van der Waals surface area contributed by atoms with Crippen molar-refractivity contribution in [1.82, 2.24) is 0 Å². The molecule has 0 fully saturated rings. The van der Waals surface area contributed by atoms with Gasteiger partial charge in [0.2, 0.25) is 0 Å². The van der Waals surface area contributed by atoms with Crippen LogP contribution in [-0.4, -0.2) is 0 Å². The van der Waals surface area contributed by atoms with Crippen molar-refractivity contribution in [3.63, 3.8) is 0 Å². The van der Waals surface area contributed by atoms with Crippen LogP contribution in [0.4, 0.5) is 17.1 Å². The molecule has 0 saturated carbocycles. The molecule has 226 valence electrons. The Bertz CT molecular complexity index is 3290. The first-order chi connectivity index (χ1) is 29.2. The van der Waals surface area contributed by atoms with Crippen LogP contribution in [0.2, 0.25) is 0 Å². The molecule has 0 aliphatic heterocycles. The fourth-order valence-corrected chi connectivity index (χ4v) is 6.64. The Labute approximate surface area is 299 Å². The van der Waals surface area contributed by atoms with Gasteiger partial charge < -0.3 is 4.90 Å². The minimum Gasteiger partial charge on any atom is -0.309 e. The summed E-state index contributed by atoms with van der Waals surface area (Å²) >= 11 is 0. The molecule has 0 aliphatic rings. The molecular formula is C47H33N. The van der Waals surface area contributed by atoms with Gasteiger partial charge in [0.25, 0.3) is 0 Å². The third kappa shape index (κ3) is 4.63. The average Bonchev–Trinajstić information content (AvgIpc) is 3.27. The van der Waals surface area contributed by atoms with E-state index in [2.05, 4.69) is 0 Å². The van der Waals surface area contributed by atoms with E-state index >= 15 is 0 Å². The number of benzene rings is 9. The lowest BCUT2D eigenvalue weighted by Crippen LogP contribution is -2.13. The van der Waals surface area contributed by atoms with Crippen molar-refractivity contribution in [3.05, 3.63) is 187 Å². The van der Waals surface area contributed by atoms with Gasteiger partial charge in [0.05, 0.1) is 29.2 Å². The Morgan fingerprint density at radius 1 is 0.417 bits per heavy atom. The monoisotopic (exact) mass is 624 g/mol. The second-order valence-corrected chi connectivity index (χ2v) is 11.5. The predicted octanol–water partition coefficient (Wildman–Crippen LogP) is 13.4. The summed E-state index contributed by atoms with van der Waals surface area (Å²) in [5.41, 5.74) is -0.161. The number of aryl methyl sites for hydroxylation is 1. The molecule has 0 amide bonds. The maximum atomic E-state index is 9.76. The van der Waals surface area contributed by atoms with Crippen LogP contribution < -0.4 is 4.90 Å². The number of fused-ring (bicyclic) bond motifs is 6. The van der Waals surface area contributed by atoms with Crippen LogP contribution in [0.25, 0.3) is 65.3 Å². The van der Waals surface area contributed by atoms with Crippen LogP contribution in [-0.2, 0) is 0 Å². The van der Waals surface area contributed by atoms with E-state index in [-0.39, 0.29) is 5.69 Å². The van der Waals surface area contributed by atoms with Gasteiger partial charge in [-0.25, -0.2) is 0 Å². The van der Waals surface area contributed by atoms with Crippen LogP contribution in [0, 0.1) is 6.92 Å². The molecule has 0 atom stereocenters. The summed E-state index contributed by atoms with van der Waals surface area (Å²) in [5.74, 6) is 0. The van der Waals surface area contributed by atoms with Gasteiger partial charge in [-0.2, -0.15) is 0 Å². The number of hydrogen-bond acceptors (Lipinski definition) is 1. The molecule has 0 heterocycles. The molecular weight excluding hydrogens is 579 g/mol. The van der Waals surface area contributed by atoms with Gasteiger partial charge in [0.1, 0.15) is 0 Å². The molecule has 0 bridgehead atoms. The summed E-state index contributed by atoms with van der Waals surface area (Å²) in [6, 6.07) is 24.6. The summed E-state index contributed by atoms with van der Waals surface area (Å²) in [4.78, 5) is 1.78. The van der Waals surface area contributed by atoms with Crippen molar-refractivity contribution in [2.75, 3.05) is 4.90 Å². The topological polar surface area (TPSA) is 3.24 Å². The molecule has 0 unspecified atom stereocenters. The van der Waals surface area contributed by atoms with Crippen molar-refractivity contribution >= 4 is 60.2 Å². The quantitative estimate of drug-likeness (QED) is 0.172.